The van der Waals surface area contributed by atoms with E-state index in [0.717, 1.165) is 22.3 Å². The van der Waals surface area contributed by atoms with Gasteiger partial charge in [0.15, 0.2) is 6.10 Å². The number of amides is 2. The molecule has 2 amide bonds. The van der Waals surface area contributed by atoms with Crippen molar-refractivity contribution in [3.8, 4) is 11.1 Å². The normalized spacial score (nSPS) is 23.8. The van der Waals surface area contributed by atoms with Gasteiger partial charge in [-0.1, -0.05) is 48.5 Å². The molecule has 2 aromatic rings. The van der Waals surface area contributed by atoms with E-state index in [1.54, 1.807) is 0 Å². The van der Waals surface area contributed by atoms with E-state index in [-0.39, 0.29) is 25.0 Å². The van der Waals surface area contributed by atoms with Gasteiger partial charge >= 0.3 is 12.1 Å². The number of carbonyl (C=O) groups is 3. The van der Waals surface area contributed by atoms with Crippen molar-refractivity contribution in [3.05, 3.63) is 59.7 Å². The van der Waals surface area contributed by atoms with Crippen LogP contribution in [0.5, 0.6) is 0 Å². The Hall–Kier alpha value is -3.04. The summed E-state index contributed by atoms with van der Waals surface area (Å²) in [4.78, 5) is 38.5. The molecule has 2 fully saturated rings. The first-order chi connectivity index (χ1) is 16.5. The Morgan fingerprint density at radius 1 is 1.09 bits per heavy atom. The summed E-state index contributed by atoms with van der Waals surface area (Å²) >= 11 is 1.33. The summed E-state index contributed by atoms with van der Waals surface area (Å²) in [6.45, 7) is 1.13. The van der Waals surface area contributed by atoms with Gasteiger partial charge in [0.1, 0.15) is 11.9 Å². The fourth-order valence-corrected chi connectivity index (χ4v) is 5.99. The maximum absolute atomic E-state index is 13.0. The second-order valence-corrected chi connectivity index (χ2v) is 9.95. The van der Waals surface area contributed by atoms with E-state index in [2.05, 4.69) is 29.6 Å². The Kier molecular flexibility index (Phi) is 6.47. The number of thioether (sulfide) groups is 1. The van der Waals surface area contributed by atoms with Crippen molar-refractivity contribution in [1.29, 1.82) is 0 Å². The zero-order valence-corrected chi connectivity index (χ0v) is 19.3. The number of carboxylic acids is 1. The average Bonchev–Trinajstić information content (AvgIpc) is 3.44. The summed E-state index contributed by atoms with van der Waals surface area (Å²) in [7, 11) is 0. The van der Waals surface area contributed by atoms with Crippen LogP contribution < -0.4 is 5.32 Å². The number of fused-ring (bicyclic) bond motifs is 3. The van der Waals surface area contributed by atoms with Gasteiger partial charge in [0.05, 0.1) is 6.04 Å². The van der Waals surface area contributed by atoms with Gasteiger partial charge in [0, 0.05) is 31.4 Å². The average molecular weight is 483 g/mol. The van der Waals surface area contributed by atoms with Gasteiger partial charge in [-0.3, -0.25) is 9.59 Å². The summed E-state index contributed by atoms with van der Waals surface area (Å²) in [6.07, 6.45) is -0.934. The van der Waals surface area contributed by atoms with Crippen molar-refractivity contribution < 1.29 is 29.0 Å². The SMILES string of the molecule is O=C(N[C@@H]1CCO[C@@H]1C(=O)N1CCSC(C(=O)O)C1)OCC1c2ccccc2-c2ccccc21. The molecule has 34 heavy (non-hydrogen) atoms. The Bertz CT molecular complexity index is 1060. The number of aliphatic carboxylic acids is 1. The van der Waals surface area contributed by atoms with Crippen molar-refractivity contribution in [2.45, 2.75) is 29.7 Å². The molecule has 178 valence electrons. The predicted octanol–water partition coefficient (Wildman–Crippen LogP) is 2.71. The highest BCUT2D eigenvalue weighted by Gasteiger charge is 2.40. The van der Waals surface area contributed by atoms with E-state index in [1.165, 1.54) is 16.7 Å². The number of carbonyl (C=O) groups excluding carboxylic acids is 2. The first kappa shape index (κ1) is 22.7. The van der Waals surface area contributed by atoms with E-state index in [4.69, 9.17) is 9.47 Å². The number of nitrogens with one attached hydrogen (secondary N) is 1. The Morgan fingerprint density at radius 3 is 2.44 bits per heavy atom. The molecule has 0 saturated carbocycles. The lowest BCUT2D eigenvalue weighted by Crippen LogP contribution is -2.53. The number of alkyl carbamates (subject to hydrolysis) is 1. The van der Waals surface area contributed by atoms with E-state index < -0.39 is 29.5 Å². The van der Waals surface area contributed by atoms with Gasteiger partial charge in [-0.2, -0.15) is 0 Å². The smallest absolute Gasteiger partial charge is 0.407 e. The van der Waals surface area contributed by atoms with Crippen LogP contribution in [0.15, 0.2) is 48.5 Å². The quantitative estimate of drug-likeness (QED) is 0.675. The molecule has 1 aliphatic carbocycles. The van der Waals surface area contributed by atoms with Crippen LogP contribution in [-0.2, 0) is 19.1 Å². The second kappa shape index (κ2) is 9.68. The van der Waals surface area contributed by atoms with Crippen molar-refractivity contribution >= 4 is 29.7 Å². The number of rotatable bonds is 5. The van der Waals surface area contributed by atoms with Gasteiger partial charge in [0.2, 0.25) is 0 Å². The third-order valence-corrected chi connectivity index (χ3v) is 7.81. The molecule has 1 unspecified atom stereocenters. The van der Waals surface area contributed by atoms with Gasteiger partial charge < -0.3 is 24.8 Å². The zero-order chi connectivity index (χ0) is 23.7. The summed E-state index contributed by atoms with van der Waals surface area (Å²) < 4.78 is 11.2. The fourth-order valence-electron chi connectivity index (χ4n) is 4.95. The van der Waals surface area contributed by atoms with Gasteiger partial charge in [-0.15, -0.1) is 11.8 Å². The van der Waals surface area contributed by atoms with Crippen LogP contribution in [0.3, 0.4) is 0 Å². The molecule has 0 aromatic heterocycles. The van der Waals surface area contributed by atoms with Crippen LogP contribution >= 0.6 is 11.8 Å². The lowest BCUT2D eigenvalue weighted by atomic mass is 9.98. The second-order valence-electron chi connectivity index (χ2n) is 8.64. The molecule has 9 heteroatoms. The molecule has 3 atom stereocenters. The van der Waals surface area contributed by atoms with Crippen LogP contribution in [0.1, 0.15) is 23.5 Å². The van der Waals surface area contributed by atoms with E-state index >= 15 is 0 Å². The lowest BCUT2D eigenvalue weighted by molar-refractivity contribution is -0.143. The molecule has 8 nitrogen and oxygen atoms in total. The minimum absolute atomic E-state index is 0.0470. The largest absolute Gasteiger partial charge is 0.480 e. The number of carboxylic acid groups (broad SMARTS) is 1. The molecule has 2 heterocycles. The summed E-state index contributed by atoms with van der Waals surface area (Å²) in [5, 5.41) is 11.4. The van der Waals surface area contributed by atoms with Crippen molar-refractivity contribution in [2.24, 2.45) is 0 Å². The Morgan fingerprint density at radius 2 is 1.76 bits per heavy atom. The molecule has 2 N–H and O–H groups in total. The maximum atomic E-state index is 13.0. The van der Waals surface area contributed by atoms with Gasteiger partial charge in [-0.05, 0) is 28.7 Å². The Balaban J connectivity index is 1.20. The van der Waals surface area contributed by atoms with E-state index in [0.29, 0.717) is 25.3 Å². The standard InChI is InChI=1S/C25H26N2O6S/c28-23(27-10-12-34-21(13-27)24(29)30)22-20(9-11-32-22)26-25(31)33-14-19-17-7-3-1-5-15(17)16-6-2-4-8-18(16)19/h1-8,19-22H,9-14H2,(H,26,31)(H,29,30)/t20-,21?,22+/m1/s1. The van der Waals surface area contributed by atoms with Crippen LogP contribution in [0.4, 0.5) is 4.79 Å². The van der Waals surface area contributed by atoms with Crippen LogP contribution in [-0.4, -0.2) is 77.4 Å². The number of ether oxygens (including phenoxy) is 2. The molecular formula is C25H26N2O6S. The van der Waals surface area contributed by atoms with Crippen LogP contribution in [0.2, 0.25) is 0 Å². The zero-order valence-electron chi connectivity index (χ0n) is 18.5. The molecule has 0 spiro atoms. The van der Waals surface area contributed by atoms with Gasteiger partial charge in [0.25, 0.3) is 5.91 Å². The van der Waals surface area contributed by atoms with Crippen molar-refractivity contribution in [1.82, 2.24) is 10.2 Å². The lowest BCUT2D eigenvalue weighted by Gasteiger charge is -2.33. The Labute approximate surface area is 201 Å². The minimum atomic E-state index is -0.928. The summed E-state index contributed by atoms with van der Waals surface area (Å²) in [5.74, 6) is -0.703. The fraction of sp³-hybridized carbons (Fsp3) is 0.400. The number of hydrogen-bond acceptors (Lipinski definition) is 6. The first-order valence-electron chi connectivity index (χ1n) is 11.4. The summed E-state index contributed by atoms with van der Waals surface area (Å²) in [5.41, 5.74) is 4.57. The highest BCUT2D eigenvalue weighted by atomic mass is 32.2. The summed E-state index contributed by atoms with van der Waals surface area (Å²) in [6, 6.07) is 15.7. The predicted molar refractivity (Wildman–Crippen MR) is 127 cm³/mol. The molecule has 2 aromatic carbocycles. The number of hydrogen-bond donors (Lipinski definition) is 2. The third kappa shape index (κ3) is 4.37. The minimum Gasteiger partial charge on any atom is -0.480 e. The first-order valence-corrected chi connectivity index (χ1v) is 12.4. The highest BCUT2D eigenvalue weighted by Crippen LogP contribution is 2.44. The molecule has 5 rings (SSSR count). The molecule has 3 aliphatic rings. The molecule has 2 saturated heterocycles. The number of nitrogens with zero attached hydrogens (tertiary/aromatic N) is 1. The highest BCUT2D eigenvalue weighted by molar-refractivity contribution is 8.00. The number of benzene rings is 2. The maximum Gasteiger partial charge on any atom is 0.407 e. The van der Waals surface area contributed by atoms with Crippen molar-refractivity contribution in [2.75, 3.05) is 32.1 Å². The molecule has 0 radical (unpaired) electrons. The molecule has 2 aliphatic heterocycles. The monoisotopic (exact) mass is 482 g/mol. The molecular weight excluding hydrogens is 456 g/mol. The van der Waals surface area contributed by atoms with Crippen LogP contribution in [0, 0.1) is 0 Å². The third-order valence-electron chi connectivity index (χ3n) is 6.64. The van der Waals surface area contributed by atoms with E-state index in [9.17, 15) is 19.5 Å². The van der Waals surface area contributed by atoms with Crippen molar-refractivity contribution in [3.63, 3.8) is 0 Å². The van der Waals surface area contributed by atoms with Gasteiger partial charge in [-0.25, -0.2) is 4.79 Å². The molecule has 0 bridgehead atoms. The van der Waals surface area contributed by atoms with Crippen LogP contribution in [0.25, 0.3) is 11.1 Å². The van der Waals surface area contributed by atoms with E-state index in [1.807, 2.05) is 24.3 Å². The topological polar surface area (TPSA) is 105 Å².